The monoisotopic (exact) mass is 180 g/mol. The molecule has 70 valence electrons. The molecule has 0 unspecified atom stereocenters. The van der Waals surface area contributed by atoms with Crippen molar-refractivity contribution >= 4 is 5.82 Å². The van der Waals surface area contributed by atoms with Crippen molar-refractivity contribution in [3.05, 3.63) is 22.7 Å². The van der Waals surface area contributed by atoms with Crippen LogP contribution in [0.25, 0.3) is 0 Å². The van der Waals surface area contributed by atoms with E-state index in [-0.39, 0.29) is 11.1 Å². The molecule has 2 heterocycles. The molecule has 3 N–H and O–H groups in total. The van der Waals surface area contributed by atoms with Crippen LogP contribution in [0.4, 0.5) is 5.82 Å². The number of rotatable bonds is 1. The number of nitrogens with zero attached hydrogens (tertiary/aromatic N) is 2. The Hall–Kier alpha value is -1.36. The Balaban J connectivity index is 2.16. The largest absolute Gasteiger partial charge is 0.353 e. The summed E-state index contributed by atoms with van der Waals surface area (Å²) in [4.78, 5) is 19.4. The van der Waals surface area contributed by atoms with Crippen LogP contribution < -0.4 is 16.2 Å². The van der Waals surface area contributed by atoms with E-state index < -0.39 is 0 Å². The summed E-state index contributed by atoms with van der Waals surface area (Å²) < 4.78 is 0. The first kappa shape index (κ1) is 8.25. The zero-order valence-corrected chi connectivity index (χ0v) is 7.45. The molecule has 0 bridgehead atoms. The summed E-state index contributed by atoms with van der Waals surface area (Å²) in [5.41, 5.74) is 5.57. The van der Waals surface area contributed by atoms with Crippen LogP contribution in [-0.4, -0.2) is 28.6 Å². The fraction of sp³-hybridized carbons (Fsp3) is 0.500. The first-order valence-corrected chi connectivity index (χ1v) is 4.15. The molecule has 0 spiro atoms. The van der Waals surface area contributed by atoms with Crippen LogP contribution in [0, 0.1) is 0 Å². The van der Waals surface area contributed by atoms with Crippen molar-refractivity contribution in [3.8, 4) is 0 Å². The maximum Gasteiger partial charge on any atom is 0.252 e. The molecule has 13 heavy (non-hydrogen) atoms. The highest BCUT2D eigenvalue weighted by Crippen LogP contribution is 2.21. The van der Waals surface area contributed by atoms with E-state index in [0.29, 0.717) is 5.82 Å². The van der Waals surface area contributed by atoms with E-state index in [1.165, 1.54) is 12.4 Å². The summed E-state index contributed by atoms with van der Waals surface area (Å²) in [6, 6.07) is 1.48. The summed E-state index contributed by atoms with van der Waals surface area (Å²) in [7, 11) is 0. The predicted octanol–water partition coefficient (Wildman–Crippen LogP) is -0.693. The molecule has 1 saturated heterocycles. The Labute approximate surface area is 75.6 Å². The molecule has 0 aromatic carbocycles. The van der Waals surface area contributed by atoms with E-state index in [1.54, 1.807) is 0 Å². The van der Waals surface area contributed by atoms with Crippen LogP contribution in [-0.2, 0) is 0 Å². The normalized spacial score (nSPS) is 19.7. The van der Waals surface area contributed by atoms with Gasteiger partial charge in [-0.1, -0.05) is 0 Å². The van der Waals surface area contributed by atoms with Gasteiger partial charge in [0.1, 0.15) is 5.82 Å². The molecule has 0 radical (unpaired) electrons. The SMILES string of the molecule is CC1(N)CN(c2cc(=O)[nH]cn2)C1. The number of aromatic amines is 1. The summed E-state index contributed by atoms with van der Waals surface area (Å²) in [5.74, 6) is 0.701. The van der Waals surface area contributed by atoms with Gasteiger partial charge in [-0.05, 0) is 6.92 Å². The summed E-state index contributed by atoms with van der Waals surface area (Å²) >= 11 is 0. The molecule has 1 aromatic rings. The van der Waals surface area contributed by atoms with Gasteiger partial charge < -0.3 is 15.6 Å². The second-order valence-electron chi connectivity index (χ2n) is 3.78. The van der Waals surface area contributed by atoms with Crippen LogP contribution in [0.5, 0.6) is 0 Å². The van der Waals surface area contributed by atoms with Gasteiger partial charge in [0, 0.05) is 24.7 Å². The first-order valence-electron chi connectivity index (χ1n) is 4.15. The number of hydrogen-bond donors (Lipinski definition) is 2. The Morgan fingerprint density at radius 1 is 1.69 bits per heavy atom. The van der Waals surface area contributed by atoms with Crippen molar-refractivity contribution in [1.29, 1.82) is 0 Å². The third-order valence-electron chi connectivity index (χ3n) is 2.09. The minimum absolute atomic E-state index is 0.129. The Bertz CT molecular complexity index is 362. The maximum atomic E-state index is 10.9. The molecule has 5 nitrogen and oxygen atoms in total. The first-order chi connectivity index (χ1) is 6.07. The summed E-state index contributed by atoms with van der Waals surface area (Å²) in [6.45, 7) is 3.49. The zero-order chi connectivity index (χ0) is 9.47. The molecule has 1 aromatic heterocycles. The molecule has 1 aliphatic rings. The molecule has 0 atom stereocenters. The van der Waals surface area contributed by atoms with Crippen molar-refractivity contribution < 1.29 is 0 Å². The second-order valence-corrected chi connectivity index (χ2v) is 3.78. The van der Waals surface area contributed by atoms with Gasteiger partial charge in [-0.3, -0.25) is 4.79 Å². The van der Waals surface area contributed by atoms with Crippen LogP contribution in [0.15, 0.2) is 17.2 Å². The lowest BCUT2D eigenvalue weighted by Gasteiger charge is -2.45. The van der Waals surface area contributed by atoms with E-state index in [2.05, 4.69) is 9.97 Å². The van der Waals surface area contributed by atoms with Crippen molar-refractivity contribution in [2.24, 2.45) is 5.73 Å². The predicted molar refractivity (Wildman–Crippen MR) is 49.7 cm³/mol. The van der Waals surface area contributed by atoms with Crippen LogP contribution in [0.2, 0.25) is 0 Å². The van der Waals surface area contributed by atoms with Gasteiger partial charge in [0.2, 0.25) is 0 Å². The quantitative estimate of drug-likeness (QED) is 0.599. The molecule has 1 aliphatic heterocycles. The highest BCUT2D eigenvalue weighted by molar-refractivity contribution is 5.42. The van der Waals surface area contributed by atoms with Crippen molar-refractivity contribution in [3.63, 3.8) is 0 Å². The van der Waals surface area contributed by atoms with E-state index >= 15 is 0 Å². The number of H-pyrrole nitrogens is 1. The third kappa shape index (κ3) is 1.55. The van der Waals surface area contributed by atoms with Crippen LogP contribution in [0.3, 0.4) is 0 Å². The molecule has 2 rings (SSSR count). The minimum atomic E-state index is -0.135. The number of nitrogens with one attached hydrogen (secondary N) is 1. The van der Waals surface area contributed by atoms with Gasteiger partial charge >= 0.3 is 0 Å². The van der Waals surface area contributed by atoms with E-state index in [1.807, 2.05) is 11.8 Å². The molecule has 0 aliphatic carbocycles. The van der Waals surface area contributed by atoms with Gasteiger partial charge in [-0.15, -0.1) is 0 Å². The Morgan fingerprint density at radius 3 is 2.92 bits per heavy atom. The van der Waals surface area contributed by atoms with E-state index in [9.17, 15) is 4.79 Å². The van der Waals surface area contributed by atoms with Crippen molar-refractivity contribution in [2.75, 3.05) is 18.0 Å². The fourth-order valence-corrected chi connectivity index (χ4v) is 1.52. The van der Waals surface area contributed by atoms with Crippen molar-refractivity contribution in [1.82, 2.24) is 9.97 Å². The molecular weight excluding hydrogens is 168 g/mol. The highest BCUT2D eigenvalue weighted by atomic mass is 16.1. The second kappa shape index (κ2) is 2.56. The number of aromatic nitrogens is 2. The number of anilines is 1. The van der Waals surface area contributed by atoms with Crippen LogP contribution >= 0.6 is 0 Å². The lowest BCUT2D eigenvalue weighted by Crippen LogP contribution is -2.66. The summed E-state index contributed by atoms with van der Waals surface area (Å²) in [5, 5.41) is 0. The number of hydrogen-bond acceptors (Lipinski definition) is 4. The molecule has 0 saturated carbocycles. The van der Waals surface area contributed by atoms with Gasteiger partial charge in [-0.2, -0.15) is 0 Å². The third-order valence-corrected chi connectivity index (χ3v) is 2.09. The van der Waals surface area contributed by atoms with Gasteiger partial charge in [-0.25, -0.2) is 4.98 Å². The van der Waals surface area contributed by atoms with Crippen LogP contribution in [0.1, 0.15) is 6.92 Å². The minimum Gasteiger partial charge on any atom is -0.353 e. The fourth-order valence-electron chi connectivity index (χ4n) is 1.52. The van der Waals surface area contributed by atoms with E-state index in [0.717, 1.165) is 13.1 Å². The lowest BCUT2D eigenvalue weighted by atomic mass is 9.94. The average Bonchev–Trinajstić information content (AvgIpc) is 2.00. The maximum absolute atomic E-state index is 10.9. The van der Waals surface area contributed by atoms with Gasteiger partial charge in [0.25, 0.3) is 5.56 Å². The van der Waals surface area contributed by atoms with Gasteiger partial charge in [0.05, 0.1) is 6.33 Å². The molecular formula is C8H12N4O. The van der Waals surface area contributed by atoms with E-state index in [4.69, 9.17) is 5.73 Å². The average molecular weight is 180 g/mol. The number of nitrogens with two attached hydrogens (primary N) is 1. The smallest absolute Gasteiger partial charge is 0.252 e. The van der Waals surface area contributed by atoms with Gasteiger partial charge in [0.15, 0.2) is 0 Å². The zero-order valence-electron chi connectivity index (χ0n) is 7.45. The highest BCUT2D eigenvalue weighted by Gasteiger charge is 2.35. The molecule has 0 amide bonds. The topological polar surface area (TPSA) is 75.0 Å². The molecule has 5 heteroatoms. The Morgan fingerprint density at radius 2 is 2.38 bits per heavy atom. The Kier molecular flexibility index (Phi) is 1.63. The standard InChI is InChI=1S/C8H12N4O/c1-8(9)3-12(4-8)6-2-7(13)11-5-10-6/h2,5H,3-4,9H2,1H3,(H,10,11,13). The lowest BCUT2D eigenvalue weighted by molar-refractivity contribution is 0.362. The van der Waals surface area contributed by atoms with Crippen molar-refractivity contribution in [2.45, 2.75) is 12.5 Å². The summed E-state index contributed by atoms with van der Waals surface area (Å²) in [6.07, 6.45) is 1.41. The molecule has 1 fully saturated rings.